The number of carbonyl (C=O) groups is 2. The molecule has 0 aliphatic rings. The first kappa shape index (κ1) is 15.9. The van der Waals surface area contributed by atoms with Gasteiger partial charge in [-0.05, 0) is 20.5 Å². The standard InChI is InChI=1S/C12H25N3O2/c1-5-6-8-15(11(2)16)10-12(17)13-7-9-14(3)4/h5-10H2,1-4H3,(H,13,17). The molecular weight excluding hydrogens is 218 g/mol. The molecule has 0 atom stereocenters. The second kappa shape index (κ2) is 8.98. The summed E-state index contributed by atoms with van der Waals surface area (Å²) in [7, 11) is 3.91. The molecule has 0 rings (SSSR count). The lowest BCUT2D eigenvalue weighted by Gasteiger charge is -2.20. The van der Waals surface area contributed by atoms with Gasteiger partial charge in [0.1, 0.15) is 0 Å². The van der Waals surface area contributed by atoms with Crippen LogP contribution in [0.4, 0.5) is 0 Å². The molecule has 0 aliphatic carbocycles. The summed E-state index contributed by atoms with van der Waals surface area (Å²) in [4.78, 5) is 26.5. The Hall–Kier alpha value is -1.10. The summed E-state index contributed by atoms with van der Waals surface area (Å²) in [5.41, 5.74) is 0. The molecule has 0 bridgehead atoms. The van der Waals surface area contributed by atoms with Gasteiger partial charge in [-0.25, -0.2) is 0 Å². The normalized spacial score (nSPS) is 10.4. The van der Waals surface area contributed by atoms with Crippen LogP contribution in [-0.4, -0.2) is 61.9 Å². The van der Waals surface area contributed by atoms with E-state index in [-0.39, 0.29) is 18.4 Å². The summed E-state index contributed by atoms with van der Waals surface area (Å²) in [5.74, 6) is -0.126. The molecule has 0 saturated carbocycles. The maximum atomic E-state index is 11.6. The van der Waals surface area contributed by atoms with E-state index in [9.17, 15) is 9.59 Å². The molecule has 0 unspecified atom stereocenters. The smallest absolute Gasteiger partial charge is 0.239 e. The molecular formula is C12H25N3O2. The highest BCUT2D eigenvalue weighted by atomic mass is 16.2. The summed E-state index contributed by atoms with van der Waals surface area (Å²) in [6.45, 7) is 5.82. The summed E-state index contributed by atoms with van der Waals surface area (Å²) < 4.78 is 0. The molecule has 5 heteroatoms. The van der Waals surface area contributed by atoms with Gasteiger partial charge < -0.3 is 15.1 Å². The second-order valence-electron chi connectivity index (χ2n) is 4.45. The Morgan fingerprint density at radius 1 is 1.18 bits per heavy atom. The van der Waals surface area contributed by atoms with Gasteiger partial charge in [0.2, 0.25) is 11.8 Å². The van der Waals surface area contributed by atoms with Gasteiger partial charge >= 0.3 is 0 Å². The number of nitrogens with one attached hydrogen (secondary N) is 1. The number of nitrogens with zero attached hydrogens (tertiary/aromatic N) is 2. The lowest BCUT2D eigenvalue weighted by Crippen LogP contribution is -2.41. The molecule has 0 saturated heterocycles. The van der Waals surface area contributed by atoms with Crippen molar-refractivity contribution < 1.29 is 9.59 Å². The molecule has 5 nitrogen and oxygen atoms in total. The first-order valence-corrected chi connectivity index (χ1v) is 6.14. The van der Waals surface area contributed by atoms with E-state index in [1.807, 2.05) is 19.0 Å². The van der Waals surface area contributed by atoms with Crippen molar-refractivity contribution in [2.45, 2.75) is 26.7 Å². The van der Waals surface area contributed by atoms with Crippen molar-refractivity contribution in [1.82, 2.24) is 15.1 Å². The molecule has 100 valence electrons. The van der Waals surface area contributed by atoms with Crippen molar-refractivity contribution in [2.75, 3.05) is 40.3 Å². The van der Waals surface area contributed by atoms with E-state index in [2.05, 4.69) is 12.2 Å². The van der Waals surface area contributed by atoms with E-state index in [0.29, 0.717) is 13.1 Å². The van der Waals surface area contributed by atoms with Crippen molar-refractivity contribution >= 4 is 11.8 Å². The van der Waals surface area contributed by atoms with E-state index in [1.165, 1.54) is 6.92 Å². The Labute approximate surface area is 104 Å². The number of likely N-dealkylation sites (N-methyl/N-ethyl adjacent to an activating group) is 1. The molecule has 0 fully saturated rings. The zero-order valence-electron chi connectivity index (χ0n) is 11.5. The first-order chi connectivity index (χ1) is 7.97. The number of amides is 2. The highest BCUT2D eigenvalue weighted by Gasteiger charge is 2.12. The highest BCUT2D eigenvalue weighted by molar-refractivity contribution is 5.83. The minimum atomic E-state index is -0.0850. The average Bonchev–Trinajstić information content (AvgIpc) is 2.23. The van der Waals surface area contributed by atoms with Gasteiger partial charge in [0, 0.05) is 26.6 Å². The van der Waals surface area contributed by atoms with Crippen molar-refractivity contribution in [3.63, 3.8) is 0 Å². The number of hydrogen-bond acceptors (Lipinski definition) is 3. The number of carbonyl (C=O) groups excluding carboxylic acids is 2. The van der Waals surface area contributed by atoms with Gasteiger partial charge in [-0.1, -0.05) is 13.3 Å². The molecule has 0 aromatic rings. The fourth-order valence-corrected chi connectivity index (χ4v) is 1.34. The third-order valence-electron chi connectivity index (χ3n) is 2.44. The molecule has 1 N–H and O–H groups in total. The van der Waals surface area contributed by atoms with Gasteiger partial charge in [-0.3, -0.25) is 9.59 Å². The monoisotopic (exact) mass is 243 g/mol. The lowest BCUT2D eigenvalue weighted by atomic mass is 10.3. The summed E-state index contributed by atoms with van der Waals surface area (Å²) in [6.07, 6.45) is 1.95. The molecule has 0 spiro atoms. The molecule has 0 aromatic carbocycles. The minimum absolute atomic E-state index is 0.0405. The molecule has 0 aromatic heterocycles. The minimum Gasteiger partial charge on any atom is -0.353 e. The van der Waals surface area contributed by atoms with E-state index < -0.39 is 0 Å². The Morgan fingerprint density at radius 2 is 1.82 bits per heavy atom. The third-order valence-corrected chi connectivity index (χ3v) is 2.44. The van der Waals surface area contributed by atoms with Crippen molar-refractivity contribution in [3.8, 4) is 0 Å². The van der Waals surface area contributed by atoms with Crippen LogP contribution >= 0.6 is 0 Å². The van der Waals surface area contributed by atoms with Crippen LogP contribution in [0.1, 0.15) is 26.7 Å². The van der Waals surface area contributed by atoms with E-state index in [0.717, 1.165) is 19.4 Å². The fraction of sp³-hybridized carbons (Fsp3) is 0.833. The van der Waals surface area contributed by atoms with Crippen LogP contribution in [0.3, 0.4) is 0 Å². The number of hydrogen-bond donors (Lipinski definition) is 1. The second-order valence-corrected chi connectivity index (χ2v) is 4.45. The lowest BCUT2D eigenvalue weighted by molar-refractivity contribution is -0.134. The summed E-state index contributed by atoms with van der Waals surface area (Å²) in [6, 6.07) is 0. The van der Waals surface area contributed by atoms with Gasteiger partial charge in [0.05, 0.1) is 6.54 Å². The van der Waals surface area contributed by atoms with Gasteiger partial charge in [0.15, 0.2) is 0 Å². The van der Waals surface area contributed by atoms with E-state index in [4.69, 9.17) is 0 Å². The zero-order valence-corrected chi connectivity index (χ0v) is 11.5. The summed E-state index contributed by atoms with van der Waals surface area (Å²) >= 11 is 0. The Bertz CT molecular complexity index is 242. The molecule has 0 heterocycles. The van der Waals surface area contributed by atoms with Crippen molar-refractivity contribution in [1.29, 1.82) is 0 Å². The van der Waals surface area contributed by atoms with Crippen LogP contribution in [0.5, 0.6) is 0 Å². The average molecular weight is 243 g/mol. The van der Waals surface area contributed by atoms with Crippen molar-refractivity contribution in [2.24, 2.45) is 0 Å². The zero-order chi connectivity index (χ0) is 13.3. The number of unbranched alkanes of at least 4 members (excludes halogenated alkanes) is 1. The maximum absolute atomic E-state index is 11.6. The fourth-order valence-electron chi connectivity index (χ4n) is 1.34. The van der Waals surface area contributed by atoms with Crippen LogP contribution in [0, 0.1) is 0 Å². The van der Waals surface area contributed by atoms with E-state index in [1.54, 1.807) is 4.90 Å². The van der Waals surface area contributed by atoms with Crippen LogP contribution in [0.2, 0.25) is 0 Å². The quantitative estimate of drug-likeness (QED) is 0.667. The van der Waals surface area contributed by atoms with E-state index >= 15 is 0 Å². The molecule has 0 radical (unpaired) electrons. The molecule has 0 aliphatic heterocycles. The third kappa shape index (κ3) is 8.68. The Morgan fingerprint density at radius 3 is 2.29 bits per heavy atom. The molecule has 17 heavy (non-hydrogen) atoms. The SMILES string of the molecule is CCCCN(CC(=O)NCCN(C)C)C(C)=O. The van der Waals surface area contributed by atoms with Crippen LogP contribution in [0.15, 0.2) is 0 Å². The van der Waals surface area contributed by atoms with Crippen LogP contribution in [0.25, 0.3) is 0 Å². The predicted octanol–water partition coefficient (Wildman–Crippen LogP) is 0.313. The summed E-state index contributed by atoms with van der Waals surface area (Å²) in [5, 5.41) is 2.80. The number of rotatable bonds is 8. The maximum Gasteiger partial charge on any atom is 0.239 e. The van der Waals surface area contributed by atoms with Crippen LogP contribution in [-0.2, 0) is 9.59 Å². The highest BCUT2D eigenvalue weighted by Crippen LogP contribution is 1.95. The van der Waals surface area contributed by atoms with Crippen LogP contribution < -0.4 is 5.32 Å². The molecule has 2 amide bonds. The largest absolute Gasteiger partial charge is 0.353 e. The topological polar surface area (TPSA) is 52.7 Å². The first-order valence-electron chi connectivity index (χ1n) is 6.14. The van der Waals surface area contributed by atoms with Crippen molar-refractivity contribution in [3.05, 3.63) is 0 Å². The van der Waals surface area contributed by atoms with Gasteiger partial charge in [-0.15, -0.1) is 0 Å². The predicted molar refractivity (Wildman–Crippen MR) is 68.7 cm³/mol. The Balaban J connectivity index is 3.91. The Kier molecular flexibility index (Phi) is 8.40. The van der Waals surface area contributed by atoms with Gasteiger partial charge in [0.25, 0.3) is 0 Å². The van der Waals surface area contributed by atoms with Gasteiger partial charge in [-0.2, -0.15) is 0 Å².